The highest BCUT2D eigenvalue weighted by atomic mass is 32.2. The summed E-state index contributed by atoms with van der Waals surface area (Å²) in [5, 5.41) is 15.7. The Hall–Kier alpha value is -2.80. The van der Waals surface area contributed by atoms with Gasteiger partial charge in [-0.15, -0.1) is 23.1 Å². The lowest BCUT2D eigenvalue weighted by Crippen LogP contribution is -2.69. The van der Waals surface area contributed by atoms with Crippen molar-refractivity contribution in [3.8, 4) is 0 Å². The number of carbonyl (C=O) groups is 3. The van der Waals surface area contributed by atoms with Crippen molar-refractivity contribution in [1.29, 1.82) is 0 Å². The number of carbonyl (C=O) groups excluding carboxylic acids is 2. The van der Waals surface area contributed by atoms with Gasteiger partial charge in [0.25, 0.3) is 11.8 Å². The van der Waals surface area contributed by atoms with E-state index in [9.17, 15) is 19.5 Å². The Labute approximate surface area is 161 Å². The minimum absolute atomic E-state index is 0.139. The van der Waals surface area contributed by atoms with E-state index in [0.717, 1.165) is 23.1 Å². The molecule has 0 aliphatic carbocycles. The zero-order valence-corrected chi connectivity index (χ0v) is 15.7. The van der Waals surface area contributed by atoms with E-state index < -0.39 is 34.4 Å². The van der Waals surface area contributed by atoms with E-state index >= 15 is 0 Å². The van der Waals surface area contributed by atoms with Crippen LogP contribution in [-0.2, 0) is 24.0 Å². The fourth-order valence-corrected chi connectivity index (χ4v) is 4.43. The van der Waals surface area contributed by atoms with Crippen molar-refractivity contribution in [3.63, 3.8) is 0 Å². The lowest BCUT2D eigenvalue weighted by atomic mass is 10.1. The third-order valence-electron chi connectivity index (χ3n) is 3.79. The highest BCUT2D eigenvalue weighted by Gasteiger charge is 2.53. The molecular weight excluding hydrogens is 398 g/mol. The molecular formula is C14H15N5O6S2. The van der Waals surface area contributed by atoms with Crippen LogP contribution in [0.2, 0.25) is 0 Å². The number of rotatable bonds is 6. The summed E-state index contributed by atoms with van der Waals surface area (Å²) in [6.07, 6.45) is 1.34. The number of amides is 2. The first kappa shape index (κ1) is 19.0. The normalized spacial score (nSPS) is 24.4. The molecule has 144 valence electrons. The molecule has 3 rings (SSSR count). The van der Waals surface area contributed by atoms with Gasteiger partial charge < -0.3 is 25.7 Å². The third-order valence-corrected chi connectivity index (χ3v) is 5.95. The molecule has 1 aromatic rings. The number of thioether (sulfide) groups is 1. The Morgan fingerprint density at radius 2 is 2.19 bits per heavy atom. The van der Waals surface area contributed by atoms with Crippen molar-refractivity contribution < 1.29 is 29.1 Å². The van der Waals surface area contributed by atoms with E-state index in [1.54, 1.807) is 0 Å². The molecule has 11 nitrogen and oxygen atoms in total. The summed E-state index contributed by atoms with van der Waals surface area (Å²) in [5.41, 5.74) is 5.64. The van der Waals surface area contributed by atoms with E-state index in [0.29, 0.717) is 0 Å². The molecule has 4 N–H and O–H groups in total. The molecule has 1 aromatic heterocycles. The number of methoxy groups -OCH3 is 1. The second-order valence-electron chi connectivity index (χ2n) is 5.37. The maximum Gasteiger partial charge on any atom is 0.324 e. The number of fused-ring (bicyclic) bond motifs is 1. The molecule has 0 saturated carbocycles. The molecule has 2 amide bonds. The fourth-order valence-electron chi connectivity index (χ4n) is 2.55. The lowest BCUT2D eigenvalue weighted by Gasteiger charge is -2.48. The number of aromatic nitrogens is 1. The third kappa shape index (κ3) is 3.42. The average Bonchev–Trinajstić information content (AvgIpc) is 3.08. The van der Waals surface area contributed by atoms with Crippen molar-refractivity contribution in [2.75, 3.05) is 20.0 Å². The minimum atomic E-state index is -1.10. The smallest absolute Gasteiger partial charge is 0.324 e. The van der Waals surface area contributed by atoms with Crippen LogP contribution < -0.4 is 11.1 Å². The van der Waals surface area contributed by atoms with Gasteiger partial charge in [-0.3, -0.25) is 19.3 Å². The minimum Gasteiger partial charge on any atom is -0.498 e. The number of anilines is 1. The lowest BCUT2D eigenvalue weighted by molar-refractivity contribution is -0.145. The fraction of sp³-hybridized carbons (Fsp3) is 0.357. The Balaban J connectivity index is 1.77. The number of nitrogen functional groups attached to an aromatic ring is 1. The number of β-lactam (4-membered cyclic amide) rings is 1. The van der Waals surface area contributed by atoms with Gasteiger partial charge in [0, 0.05) is 11.6 Å². The van der Waals surface area contributed by atoms with Crippen LogP contribution in [0.15, 0.2) is 22.5 Å². The van der Waals surface area contributed by atoms with Crippen molar-refractivity contribution in [2.45, 2.75) is 16.7 Å². The topological polar surface area (TPSA) is 156 Å². The quantitative estimate of drug-likeness (QED) is 0.315. The van der Waals surface area contributed by atoms with Crippen LogP contribution in [0.3, 0.4) is 0 Å². The molecule has 1 fully saturated rings. The molecule has 2 aliphatic heterocycles. The number of ether oxygens (including phenoxy) is 1. The van der Waals surface area contributed by atoms with Gasteiger partial charge in [0.05, 0.1) is 7.11 Å². The highest BCUT2D eigenvalue weighted by molar-refractivity contribution is 8.01. The number of carboxylic acid groups (broad SMARTS) is 1. The van der Waals surface area contributed by atoms with Gasteiger partial charge in [-0.1, -0.05) is 5.16 Å². The van der Waals surface area contributed by atoms with Gasteiger partial charge >= 0.3 is 5.97 Å². The number of nitrogens with one attached hydrogen (secondary N) is 1. The number of aliphatic carboxylic acids is 1. The van der Waals surface area contributed by atoms with Crippen molar-refractivity contribution in [3.05, 3.63) is 23.0 Å². The second kappa shape index (κ2) is 7.44. The van der Waals surface area contributed by atoms with Crippen LogP contribution in [-0.4, -0.2) is 69.4 Å². The number of hydrogen-bond donors (Lipinski definition) is 3. The molecule has 0 aromatic carbocycles. The monoisotopic (exact) mass is 413 g/mol. The molecule has 2 unspecified atom stereocenters. The molecule has 0 radical (unpaired) electrons. The van der Waals surface area contributed by atoms with Gasteiger partial charge in [0.15, 0.2) is 16.1 Å². The molecule has 13 heteroatoms. The Kier molecular flexibility index (Phi) is 5.23. The summed E-state index contributed by atoms with van der Waals surface area (Å²) < 4.78 is 5.04. The molecule has 3 heterocycles. The Morgan fingerprint density at radius 3 is 2.74 bits per heavy atom. The summed E-state index contributed by atoms with van der Waals surface area (Å²) in [6.45, 7) is 0. The van der Waals surface area contributed by atoms with Crippen molar-refractivity contribution in [1.82, 2.24) is 15.2 Å². The second-order valence-corrected chi connectivity index (χ2v) is 7.49. The summed E-state index contributed by atoms with van der Waals surface area (Å²) >= 11 is 2.12. The first-order valence-electron chi connectivity index (χ1n) is 7.47. The first-order chi connectivity index (χ1) is 12.9. The van der Waals surface area contributed by atoms with E-state index in [1.807, 2.05) is 0 Å². The number of hydrogen-bond acceptors (Lipinski definition) is 10. The van der Waals surface area contributed by atoms with Crippen LogP contribution in [0.25, 0.3) is 0 Å². The molecule has 27 heavy (non-hydrogen) atoms. The molecule has 2 aliphatic rings. The van der Waals surface area contributed by atoms with E-state index in [2.05, 4.69) is 20.3 Å². The van der Waals surface area contributed by atoms with Crippen LogP contribution >= 0.6 is 23.1 Å². The van der Waals surface area contributed by atoms with Crippen molar-refractivity contribution in [2.24, 2.45) is 5.16 Å². The summed E-state index contributed by atoms with van der Waals surface area (Å²) in [4.78, 5) is 46.3. The molecule has 3 atom stereocenters. The van der Waals surface area contributed by atoms with Gasteiger partial charge in [-0.25, -0.2) is 4.98 Å². The maximum atomic E-state index is 12.6. The van der Waals surface area contributed by atoms with Crippen LogP contribution in [0.4, 0.5) is 5.13 Å². The van der Waals surface area contributed by atoms with Crippen LogP contribution in [0.5, 0.6) is 0 Å². The summed E-state index contributed by atoms with van der Waals surface area (Å²) in [5.74, 6) is -2.03. The number of carboxylic acids is 1. The highest BCUT2D eigenvalue weighted by Crippen LogP contribution is 2.40. The molecule has 0 bridgehead atoms. The van der Waals surface area contributed by atoms with Crippen LogP contribution in [0, 0.1) is 0 Å². The zero-order chi connectivity index (χ0) is 19.7. The average molecular weight is 413 g/mol. The number of oxime groups is 1. The summed E-state index contributed by atoms with van der Waals surface area (Å²) in [7, 11) is 2.60. The van der Waals surface area contributed by atoms with Crippen molar-refractivity contribution >= 4 is 51.7 Å². The zero-order valence-electron chi connectivity index (χ0n) is 14.1. The largest absolute Gasteiger partial charge is 0.498 e. The predicted octanol–water partition coefficient (Wildman–Crippen LogP) is -0.583. The SMILES string of the molecule is CON=C(C(=O)NC1C(=O)N2C=C(OC)C(C(=O)O)S[C@H]12)c1csc(N)n1. The Morgan fingerprint density at radius 1 is 1.44 bits per heavy atom. The van der Waals surface area contributed by atoms with E-state index in [-0.39, 0.29) is 22.3 Å². The predicted molar refractivity (Wildman–Crippen MR) is 96.7 cm³/mol. The van der Waals surface area contributed by atoms with Crippen LogP contribution in [0.1, 0.15) is 5.69 Å². The van der Waals surface area contributed by atoms with Gasteiger partial charge in [0.2, 0.25) is 0 Å². The first-order valence-corrected chi connectivity index (χ1v) is 9.29. The number of nitrogens with zero attached hydrogens (tertiary/aromatic N) is 3. The van der Waals surface area contributed by atoms with E-state index in [4.69, 9.17) is 10.5 Å². The van der Waals surface area contributed by atoms with Gasteiger partial charge in [-0.2, -0.15) is 0 Å². The van der Waals surface area contributed by atoms with Gasteiger partial charge in [0.1, 0.15) is 30.0 Å². The molecule has 0 spiro atoms. The summed E-state index contributed by atoms with van der Waals surface area (Å²) in [6, 6.07) is -0.919. The number of nitrogens with two attached hydrogens (primary N) is 1. The number of thiazole rings is 1. The Bertz CT molecular complexity index is 853. The van der Waals surface area contributed by atoms with Gasteiger partial charge in [-0.05, 0) is 0 Å². The molecule has 1 saturated heterocycles. The maximum absolute atomic E-state index is 12.6. The van der Waals surface area contributed by atoms with E-state index in [1.165, 1.54) is 30.7 Å². The standard InChI is InChI=1S/C14H15N5O6S2/c1-24-6-3-19-11(21)8(12(19)27-9(6)13(22)23)17-10(20)7(18-25-2)5-4-26-14(15)16-5/h3-4,8-9,12H,1-2H3,(H2,15,16)(H,17,20)(H,22,23)/t8?,9?,12-/m1/s1.